The normalized spacial score (nSPS) is 12.6. The van der Waals surface area contributed by atoms with Crippen LogP contribution in [0.1, 0.15) is 46.1 Å². The molecule has 4 N–H and O–H groups in total. The molecule has 2 aromatic carbocycles. The number of rotatable bonds is 9. The van der Waals surface area contributed by atoms with Gasteiger partial charge in [-0.15, -0.1) is 0 Å². The van der Waals surface area contributed by atoms with E-state index in [1.807, 2.05) is 73.7 Å². The summed E-state index contributed by atoms with van der Waals surface area (Å²) in [5, 5.41) is 19.8. The lowest BCUT2D eigenvalue weighted by molar-refractivity contribution is 0.459. The molecule has 0 aliphatic carbocycles. The van der Waals surface area contributed by atoms with Crippen LogP contribution >= 0.6 is 0 Å². The lowest BCUT2D eigenvalue weighted by Crippen LogP contribution is -2.18. The molecule has 52 heavy (non-hydrogen) atoms. The second-order valence-electron chi connectivity index (χ2n) is 12.5. The van der Waals surface area contributed by atoms with Crippen LogP contribution in [0, 0.1) is 24.1 Å². The van der Waals surface area contributed by atoms with Gasteiger partial charge < -0.3 is 20.5 Å². The largest absolute Gasteiger partial charge is 0.356 e. The summed E-state index contributed by atoms with van der Waals surface area (Å²) in [6.07, 6.45) is 5.43. The van der Waals surface area contributed by atoms with E-state index in [4.69, 9.17) is 25.5 Å². The van der Waals surface area contributed by atoms with Gasteiger partial charge in [0.15, 0.2) is 11.2 Å². The number of pyridine rings is 4. The zero-order chi connectivity index (χ0) is 35.8. The number of nitrogens with zero attached hydrogens (tertiary/aromatic N) is 7. The van der Waals surface area contributed by atoms with E-state index < -0.39 is 17.9 Å². The lowest BCUT2D eigenvalue weighted by Gasteiger charge is -2.16. The van der Waals surface area contributed by atoms with Gasteiger partial charge in [-0.3, -0.25) is 15.0 Å². The zero-order valence-corrected chi connectivity index (χ0v) is 27.9. The Labute approximate surface area is 296 Å². The predicted molar refractivity (Wildman–Crippen MR) is 193 cm³/mol. The molecule has 6 aromatic heterocycles. The van der Waals surface area contributed by atoms with Crippen molar-refractivity contribution in [3.8, 4) is 39.7 Å². The second-order valence-corrected chi connectivity index (χ2v) is 12.5. The van der Waals surface area contributed by atoms with Crippen molar-refractivity contribution in [3.05, 3.63) is 143 Å². The van der Waals surface area contributed by atoms with Crippen molar-refractivity contribution in [2.24, 2.45) is 11.5 Å². The number of aryl methyl sites for hydroxylation is 1. The van der Waals surface area contributed by atoms with Crippen molar-refractivity contribution in [1.82, 2.24) is 30.2 Å². The van der Waals surface area contributed by atoms with E-state index in [1.54, 1.807) is 24.5 Å². The summed E-state index contributed by atoms with van der Waals surface area (Å²) in [5.41, 5.74) is 21.9. The molecule has 0 bridgehead atoms. The summed E-state index contributed by atoms with van der Waals surface area (Å²) in [4.78, 5) is 18.2. The van der Waals surface area contributed by atoms with Crippen molar-refractivity contribution in [2.75, 3.05) is 0 Å². The Bertz CT molecular complexity index is 2650. The molecule has 8 rings (SSSR count). The minimum absolute atomic E-state index is 0.123. The maximum atomic E-state index is 14.6. The first-order valence-electron chi connectivity index (χ1n) is 16.6. The summed E-state index contributed by atoms with van der Waals surface area (Å²) in [6.45, 7) is 1.94. The number of aromatic nitrogens is 6. The molecule has 2 atom stereocenters. The number of benzene rings is 2. The fourth-order valence-electron chi connectivity index (χ4n) is 6.50. The average molecular weight is 688 g/mol. The summed E-state index contributed by atoms with van der Waals surface area (Å²) in [5.74, 6) is -0.437. The Hall–Kier alpha value is -6.68. The minimum Gasteiger partial charge on any atom is -0.356 e. The van der Waals surface area contributed by atoms with E-state index in [1.165, 1.54) is 12.3 Å². The molecule has 0 spiro atoms. The lowest BCUT2D eigenvalue weighted by atomic mass is 9.94. The van der Waals surface area contributed by atoms with Gasteiger partial charge in [-0.25, -0.2) is 9.37 Å². The van der Waals surface area contributed by atoms with Gasteiger partial charge >= 0.3 is 0 Å². The minimum atomic E-state index is -0.703. The number of hydrogen-bond acceptors (Lipinski definition) is 11. The van der Waals surface area contributed by atoms with Gasteiger partial charge in [-0.1, -0.05) is 40.6 Å². The van der Waals surface area contributed by atoms with Crippen molar-refractivity contribution >= 4 is 21.9 Å². The number of halogens is 1. The second kappa shape index (κ2) is 13.6. The topological polar surface area (TPSA) is 179 Å². The molecule has 0 radical (unpaired) electrons. The Morgan fingerprint density at radius 1 is 0.731 bits per heavy atom. The molecule has 0 fully saturated rings. The Morgan fingerprint density at radius 2 is 1.44 bits per heavy atom. The maximum Gasteiger partial charge on any atom is 0.175 e. The van der Waals surface area contributed by atoms with Crippen LogP contribution in [0.25, 0.3) is 55.6 Å². The molecule has 12 heteroatoms. The number of hydrogen-bond donors (Lipinski definition) is 2. The molecule has 8 aromatic rings. The maximum absolute atomic E-state index is 14.6. The van der Waals surface area contributed by atoms with Crippen molar-refractivity contribution < 1.29 is 13.4 Å². The number of nitrogens with two attached hydrogens (primary N) is 2. The van der Waals surface area contributed by atoms with Crippen LogP contribution in [0.15, 0.2) is 113 Å². The third-order valence-corrected chi connectivity index (χ3v) is 9.13. The Kier molecular flexibility index (Phi) is 8.48. The smallest absolute Gasteiger partial charge is 0.175 e. The summed E-state index contributed by atoms with van der Waals surface area (Å²) in [7, 11) is 0. The Balaban J connectivity index is 1.21. The molecule has 0 aliphatic heterocycles. The standard InChI is InChI=1S/C40H30FN9O2/c1-22-13-14-24(20-42)48-33(22)18-31(43)38-27(10-5-16-46-38)37-28-9-4-8-25(40(28)52-50-37)23-17-29(36-26-7-2-3-12-35(26)51-49-36)39(47-21-23)32(44)19-34-30(41)11-6-15-45-34/h2-17,21,31-32H,18-19,43-44H2,1H3/t31-,32-/m0/s1. The van der Waals surface area contributed by atoms with E-state index in [0.29, 0.717) is 51.6 Å². The summed E-state index contributed by atoms with van der Waals surface area (Å²) < 4.78 is 26.3. The monoisotopic (exact) mass is 687 g/mol. The molecule has 6 heterocycles. The van der Waals surface area contributed by atoms with Gasteiger partial charge in [-0.2, -0.15) is 5.26 Å². The molecule has 254 valence electrons. The summed E-state index contributed by atoms with van der Waals surface area (Å²) in [6, 6.07) is 26.3. The van der Waals surface area contributed by atoms with Crippen LogP contribution in [0.5, 0.6) is 0 Å². The van der Waals surface area contributed by atoms with Crippen molar-refractivity contribution in [2.45, 2.75) is 31.8 Å². The zero-order valence-electron chi connectivity index (χ0n) is 27.9. The summed E-state index contributed by atoms with van der Waals surface area (Å²) >= 11 is 0. The highest BCUT2D eigenvalue weighted by Crippen LogP contribution is 2.40. The fourth-order valence-corrected chi connectivity index (χ4v) is 6.50. The van der Waals surface area contributed by atoms with Crippen molar-refractivity contribution in [3.63, 3.8) is 0 Å². The number of nitriles is 1. The quantitative estimate of drug-likeness (QED) is 0.155. The molecular formula is C40H30FN9O2. The van der Waals surface area contributed by atoms with E-state index in [2.05, 4.69) is 31.3 Å². The van der Waals surface area contributed by atoms with Gasteiger partial charge in [-0.05, 0) is 67.1 Å². The van der Waals surface area contributed by atoms with Gasteiger partial charge in [0, 0.05) is 64.8 Å². The highest BCUT2D eigenvalue weighted by molar-refractivity contribution is 6.01. The van der Waals surface area contributed by atoms with Crippen LogP contribution in [0.3, 0.4) is 0 Å². The third kappa shape index (κ3) is 5.94. The average Bonchev–Trinajstić information content (AvgIpc) is 3.81. The highest BCUT2D eigenvalue weighted by atomic mass is 19.1. The number of para-hydroxylation sites is 2. The van der Waals surface area contributed by atoms with Crippen LogP contribution in [0.4, 0.5) is 4.39 Å². The molecule has 0 saturated heterocycles. The molecule has 11 nitrogen and oxygen atoms in total. The third-order valence-electron chi connectivity index (χ3n) is 9.13. The van der Waals surface area contributed by atoms with Gasteiger partial charge in [0.1, 0.15) is 29.0 Å². The highest BCUT2D eigenvalue weighted by Gasteiger charge is 2.25. The molecule has 0 unspecified atom stereocenters. The van der Waals surface area contributed by atoms with Crippen LogP contribution in [0.2, 0.25) is 0 Å². The first-order valence-corrected chi connectivity index (χ1v) is 16.6. The van der Waals surface area contributed by atoms with Crippen LogP contribution < -0.4 is 11.5 Å². The van der Waals surface area contributed by atoms with Gasteiger partial charge in [0.25, 0.3) is 0 Å². The first kappa shape index (κ1) is 32.5. The van der Waals surface area contributed by atoms with Crippen molar-refractivity contribution in [1.29, 1.82) is 5.26 Å². The first-order chi connectivity index (χ1) is 25.4. The molecule has 0 aliphatic rings. The SMILES string of the molecule is Cc1ccc(C#N)nc1C[C@H](N)c1ncccc1-c1noc2c(-c3cnc([C@@H](N)Cc4ncccc4F)c(-c4noc5ccccc45)c3)cccc12. The molecule has 0 saturated carbocycles. The number of fused-ring (bicyclic) bond motifs is 2. The van der Waals surface area contributed by atoms with Gasteiger partial charge in [0.05, 0.1) is 34.6 Å². The van der Waals surface area contributed by atoms with E-state index >= 15 is 0 Å². The predicted octanol–water partition coefficient (Wildman–Crippen LogP) is 7.35. The fraction of sp³-hybridized carbons (Fsp3) is 0.125. The molecular weight excluding hydrogens is 657 g/mol. The van der Waals surface area contributed by atoms with Gasteiger partial charge in [0.2, 0.25) is 0 Å². The van der Waals surface area contributed by atoms with E-state index in [9.17, 15) is 9.65 Å². The van der Waals surface area contributed by atoms with E-state index in [-0.39, 0.29) is 12.1 Å². The van der Waals surface area contributed by atoms with Crippen LogP contribution in [-0.4, -0.2) is 30.2 Å². The molecule has 0 amide bonds. The van der Waals surface area contributed by atoms with E-state index in [0.717, 1.165) is 38.7 Å². The Morgan fingerprint density at radius 3 is 2.29 bits per heavy atom. The van der Waals surface area contributed by atoms with Crippen LogP contribution in [-0.2, 0) is 12.8 Å².